The van der Waals surface area contributed by atoms with Crippen LogP contribution in [0.25, 0.3) is 0 Å². The number of aliphatic hydroxyl groups excluding tert-OH is 1. The molecule has 90 valence electrons. The average Bonchev–Trinajstić information content (AvgIpc) is 2.75. The number of thiophene rings is 1. The molecule has 0 saturated carbocycles. The van der Waals surface area contributed by atoms with Gasteiger partial charge in [-0.2, -0.15) is 0 Å². The Balaban J connectivity index is 2.06. The molecular weight excluding hydrogens is 300 g/mol. The van der Waals surface area contributed by atoms with Crippen molar-refractivity contribution in [2.24, 2.45) is 0 Å². The molecule has 0 fully saturated rings. The Bertz CT molecular complexity index is 484. The maximum atomic E-state index is 8.95. The molecule has 1 N–H and O–H groups in total. The fourth-order valence-electron chi connectivity index (χ4n) is 1.52. The molecule has 0 unspecified atom stereocenters. The smallest absolute Gasteiger partial charge is 0.128 e. The molecule has 0 saturated heterocycles. The van der Waals surface area contributed by atoms with Crippen molar-refractivity contribution in [1.82, 2.24) is 4.98 Å². The molecule has 0 radical (unpaired) electrons. The lowest BCUT2D eigenvalue weighted by Crippen LogP contribution is -2.17. The number of nitrogens with zero attached hydrogens (tertiary/aromatic N) is 2. The van der Waals surface area contributed by atoms with Gasteiger partial charge >= 0.3 is 0 Å². The number of hydrogen-bond acceptors (Lipinski definition) is 4. The molecule has 2 rings (SSSR count). The zero-order valence-electron chi connectivity index (χ0n) is 9.43. The molecule has 0 aromatic carbocycles. The fraction of sp³-hybridized carbons (Fsp3) is 0.250. The minimum absolute atomic E-state index is 0.0362. The summed E-state index contributed by atoms with van der Waals surface area (Å²) in [6.07, 6.45) is 1.70. The zero-order valence-corrected chi connectivity index (χ0v) is 11.8. The van der Waals surface area contributed by atoms with E-state index >= 15 is 0 Å². The second-order valence-electron chi connectivity index (χ2n) is 3.80. The van der Waals surface area contributed by atoms with E-state index in [9.17, 15) is 0 Å². The van der Waals surface area contributed by atoms with Crippen molar-refractivity contribution in [1.29, 1.82) is 0 Å². The number of hydrogen-bond donors (Lipinski definition) is 1. The number of pyridine rings is 1. The number of rotatable bonds is 4. The van der Waals surface area contributed by atoms with E-state index in [0.29, 0.717) is 0 Å². The molecule has 0 bridgehead atoms. The molecule has 0 aliphatic carbocycles. The van der Waals surface area contributed by atoms with Gasteiger partial charge in [-0.3, -0.25) is 0 Å². The Labute approximate surface area is 113 Å². The van der Waals surface area contributed by atoms with Crippen molar-refractivity contribution < 1.29 is 5.11 Å². The van der Waals surface area contributed by atoms with Crippen LogP contribution < -0.4 is 4.90 Å². The molecule has 2 aromatic heterocycles. The fourth-order valence-corrected chi connectivity index (χ4v) is 2.72. The van der Waals surface area contributed by atoms with Crippen LogP contribution in [-0.2, 0) is 13.2 Å². The van der Waals surface area contributed by atoms with Crippen molar-refractivity contribution in [3.8, 4) is 0 Å². The predicted molar refractivity (Wildman–Crippen MR) is 74.3 cm³/mol. The van der Waals surface area contributed by atoms with Gasteiger partial charge in [0.15, 0.2) is 0 Å². The van der Waals surface area contributed by atoms with Crippen LogP contribution in [0.3, 0.4) is 0 Å². The lowest BCUT2D eigenvalue weighted by Gasteiger charge is -2.17. The molecule has 0 atom stereocenters. The van der Waals surface area contributed by atoms with E-state index in [4.69, 9.17) is 5.11 Å². The molecule has 5 heteroatoms. The number of anilines is 1. The molecule has 0 aliphatic rings. The van der Waals surface area contributed by atoms with Gasteiger partial charge in [-0.05, 0) is 44.6 Å². The first-order valence-corrected chi connectivity index (χ1v) is 6.86. The lowest BCUT2D eigenvalue weighted by atomic mass is 10.3. The summed E-state index contributed by atoms with van der Waals surface area (Å²) in [5, 5.41) is 11.1. The highest BCUT2D eigenvalue weighted by Gasteiger charge is 2.05. The van der Waals surface area contributed by atoms with Gasteiger partial charge in [-0.15, -0.1) is 11.3 Å². The number of aliphatic hydroxyl groups is 1. The van der Waals surface area contributed by atoms with Gasteiger partial charge in [0, 0.05) is 19.8 Å². The average molecular weight is 313 g/mol. The number of halogens is 1. The standard InChI is InChI=1S/C12H13BrN2OS/c1-15(6-10-4-11(13)17-8-10)12-3-2-9(7-16)5-14-12/h2-5,8,16H,6-7H2,1H3. The number of aromatic nitrogens is 1. The Kier molecular flexibility index (Phi) is 4.15. The highest BCUT2D eigenvalue weighted by Crippen LogP contribution is 2.22. The van der Waals surface area contributed by atoms with E-state index in [1.165, 1.54) is 5.56 Å². The molecule has 17 heavy (non-hydrogen) atoms. The van der Waals surface area contributed by atoms with Crippen LogP contribution in [0, 0.1) is 0 Å². The summed E-state index contributed by atoms with van der Waals surface area (Å²) in [5.74, 6) is 0.907. The van der Waals surface area contributed by atoms with E-state index in [2.05, 4.69) is 37.3 Å². The van der Waals surface area contributed by atoms with Gasteiger partial charge in [-0.1, -0.05) is 6.07 Å². The summed E-state index contributed by atoms with van der Waals surface area (Å²) >= 11 is 5.14. The molecular formula is C12H13BrN2OS. The summed E-state index contributed by atoms with van der Waals surface area (Å²) in [6.45, 7) is 0.863. The molecule has 2 aromatic rings. The van der Waals surface area contributed by atoms with E-state index in [1.54, 1.807) is 17.5 Å². The Morgan fingerprint density at radius 1 is 1.41 bits per heavy atom. The topological polar surface area (TPSA) is 36.4 Å². The quantitative estimate of drug-likeness (QED) is 0.942. The molecule has 2 heterocycles. The minimum Gasteiger partial charge on any atom is -0.392 e. The Morgan fingerprint density at radius 2 is 2.24 bits per heavy atom. The van der Waals surface area contributed by atoms with Crippen LogP contribution in [0.2, 0.25) is 0 Å². The Morgan fingerprint density at radius 3 is 2.76 bits per heavy atom. The molecule has 3 nitrogen and oxygen atoms in total. The largest absolute Gasteiger partial charge is 0.392 e. The van der Waals surface area contributed by atoms with Gasteiger partial charge in [0.2, 0.25) is 0 Å². The molecule has 0 aliphatic heterocycles. The first kappa shape index (κ1) is 12.5. The first-order valence-electron chi connectivity index (χ1n) is 5.19. The van der Waals surface area contributed by atoms with Crippen LogP contribution in [0.4, 0.5) is 5.82 Å². The van der Waals surface area contributed by atoms with Crippen molar-refractivity contribution in [3.63, 3.8) is 0 Å². The van der Waals surface area contributed by atoms with Crippen molar-refractivity contribution in [3.05, 3.63) is 44.7 Å². The van der Waals surface area contributed by atoms with Crippen LogP contribution >= 0.6 is 27.3 Å². The van der Waals surface area contributed by atoms with Crippen molar-refractivity contribution in [2.75, 3.05) is 11.9 Å². The normalized spacial score (nSPS) is 10.5. The lowest BCUT2D eigenvalue weighted by molar-refractivity contribution is 0.281. The summed E-state index contributed by atoms with van der Waals surface area (Å²) < 4.78 is 1.14. The highest BCUT2D eigenvalue weighted by molar-refractivity contribution is 9.11. The monoisotopic (exact) mass is 312 g/mol. The molecule has 0 amide bonds. The summed E-state index contributed by atoms with van der Waals surface area (Å²) in [5.41, 5.74) is 2.10. The second kappa shape index (κ2) is 5.62. The van der Waals surface area contributed by atoms with E-state index in [-0.39, 0.29) is 6.61 Å². The molecule has 0 spiro atoms. The van der Waals surface area contributed by atoms with Crippen LogP contribution in [-0.4, -0.2) is 17.1 Å². The van der Waals surface area contributed by atoms with Gasteiger partial charge < -0.3 is 10.0 Å². The summed E-state index contributed by atoms with van der Waals surface area (Å²) in [7, 11) is 2.01. The van der Waals surface area contributed by atoms with Crippen molar-refractivity contribution >= 4 is 33.1 Å². The Hall–Kier alpha value is -0.910. The second-order valence-corrected chi connectivity index (χ2v) is 6.09. The van der Waals surface area contributed by atoms with Crippen molar-refractivity contribution in [2.45, 2.75) is 13.2 Å². The minimum atomic E-state index is 0.0362. The maximum absolute atomic E-state index is 8.95. The van der Waals surface area contributed by atoms with Crippen LogP contribution in [0.15, 0.2) is 33.6 Å². The summed E-state index contributed by atoms with van der Waals surface area (Å²) in [4.78, 5) is 6.39. The van der Waals surface area contributed by atoms with E-state index in [1.807, 2.05) is 19.2 Å². The summed E-state index contributed by atoms with van der Waals surface area (Å²) in [6, 6.07) is 5.93. The van der Waals surface area contributed by atoms with E-state index in [0.717, 1.165) is 21.7 Å². The van der Waals surface area contributed by atoms with Crippen LogP contribution in [0.5, 0.6) is 0 Å². The third-order valence-electron chi connectivity index (χ3n) is 2.42. The van der Waals surface area contributed by atoms with E-state index < -0.39 is 0 Å². The van der Waals surface area contributed by atoms with Gasteiger partial charge in [-0.25, -0.2) is 4.98 Å². The third kappa shape index (κ3) is 3.28. The maximum Gasteiger partial charge on any atom is 0.128 e. The van der Waals surface area contributed by atoms with Gasteiger partial charge in [0.25, 0.3) is 0 Å². The third-order valence-corrected chi connectivity index (χ3v) is 3.98. The zero-order chi connectivity index (χ0) is 12.3. The highest BCUT2D eigenvalue weighted by atomic mass is 79.9. The van der Waals surface area contributed by atoms with Gasteiger partial charge in [0.1, 0.15) is 5.82 Å². The first-order chi connectivity index (χ1) is 8.19. The van der Waals surface area contributed by atoms with Gasteiger partial charge in [0.05, 0.1) is 10.4 Å². The predicted octanol–water partition coefficient (Wildman–Crippen LogP) is 3.03. The SMILES string of the molecule is CN(Cc1csc(Br)c1)c1ccc(CO)cn1. The van der Waals surface area contributed by atoms with Crippen LogP contribution in [0.1, 0.15) is 11.1 Å².